The Morgan fingerprint density at radius 1 is 1.30 bits per heavy atom. The lowest BCUT2D eigenvalue weighted by Gasteiger charge is -2.28. The van der Waals surface area contributed by atoms with Crippen LogP contribution in [0.25, 0.3) is 0 Å². The summed E-state index contributed by atoms with van der Waals surface area (Å²) in [6.45, 7) is 2.29. The molecule has 106 valence electrons. The van der Waals surface area contributed by atoms with Gasteiger partial charge in [-0.3, -0.25) is 4.90 Å². The molecule has 2 aromatic rings. The summed E-state index contributed by atoms with van der Waals surface area (Å²) in [5, 5.41) is 13.7. The van der Waals surface area contributed by atoms with Gasteiger partial charge in [-0.1, -0.05) is 35.5 Å². The van der Waals surface area contributed by atoms with Crippen LogP contribution in [0, 0.1) is 0 Å². The molecular weight excluding hydrogens is 254 g/mol. The van der Waals surface area contributed by atoms with Gasteiger partial charge < -0.3 is 9.63 Å². The van der Waals surface area contributed by atoms with Crippen LogP contribution in [-0.2, 0) is 13.0 Å². The molecule has 1 saturated heterocycles. The number of likely N-dealkylation sites (tertiary alicyclic amines) is 1. The molecular formula is C15H19N3O2. The van der Waals surface area contributed by atoms with E-state index < -0.39 is 0 Å². The van der Waals surface area contributed by atoms with Gasteiger partial charge in [0.15, 0.2) is 5.82 Å². The molecule has 0 aliphatic carbocycles. The molecule has 1 aromatic heterocycles. The number of rotatable bonds is 4. The minimum Gasteiger partial charge on any atom is -0.392 e. The largest absolute Gasteiger partial charge is 0.392 e. The van der Waals surface area contributed by atoms with Crippen molar-refractivity contribution in [2.24, 2.45) is 0 Å². The van der Waals surface area contributed by atoms with E-state index >= 15 is 0 Å². The van der Waals surface area contributed by atoms with Crippen LogP contribution in [0.3, 0.4) is 0 Å². The van der Waals surface area contributed by atoms with Crippen molar-refractivity contribution >= 4 is 0 Å². The van der Waals surface area contributed by atoms with Crippen molar-refractivity contribution in [3.63, 3.8) is 0 Å². The average Bonchev–Trinajstić information content (AvgIpc) is 2.87. The molecule has 0 bridgehead atoms. The van der Waals surface area contributed by atoms with Gasteiger partial charge in [0, 0.05) is 13.0 Å². The third-order valence-corrected chi connectivity index (χ3v) is 3.55. The number of hydrogen-bond acceptors (Lipinski definition) is 5. The SMILES string of the molecule is OC1CCCN(Cc2nc(Cc3ccccc3)no2)C1. The molecule has 5 nitrogen and oxygen atoms in total. The molecule has 1 unspecified atom stereocenters. The zero-order chi connectivity index (χ0) is 13.8. The average molecular weight is 273 g/mol. The Kier molecular flexibility index (Phi) is 4.08. The maximum atomic E-state index is 9.65. The number of benzene rings is 1. The predicted molar refractivity (Wildman–Crippen MR) is 74.1 cm³/mol. The van der Waals surface area contributed by atoms with E-state index in [1.807, 2.05) is 18.2 Å². The number of hydrogen-bond donors (Lipinski definition) is 1. The molecule has 1 N–H and O–H groups in total. The van der Waals surface area contributed by atoms with Gasteiger partial charge in [0.1, 0.15) is 0 Å². The molecule has 1 atom stereocenters. The van der Waals surface area contributed by atoms with Gasteiger partial charge >= 0.3 is 0 Å². The first-order valence-corrected chi connectivity index (χ1v) is 7.05. The van der Waals surface area contributed by atoms with Gasteiger partial charge in [-0.25, -0.2) is 0 Å². The van der Waals surface area contributed by atoms with E-state index in [1.54, 1.807) is 0 Å². The maximum Gasteiger partial charge on any atom is 0.240 e. The lowest BCUT2D eigenvalue weighted by Crippen LogP contribution is -2.37. The normalized spacial score (nSPS) is 20.1. The smallest absolute Gasteiger partial charge is 0.240 e. The van der Waals surface area contributed by atoms with Crippen LogP contribution < -0.4 is 0 Å². The minimum atomic E-state index is -0.226. The fourth-order valence-electron chi connectivity index (χ4n) is 2.57. The zero-order valence-electron chi connectivity index (χ0n) is 11.4. The molecule has 1 fully saturated rings. The van der Waals surface area contributed by atoms with Crippen LogP contribution in [0.15, 0.2) is 34.9 Å². The molecule has 0 saturated carbocycles. The van der Waals surface area contributed by atoms with Crippen molar-refractivity contribution in [2.45, 2.75) is 31.9 Å². The molecule has 0 spiro atoms. The van der Waals surface area contributed by atoms with E-state index in [1.165, 1.54) is 5.56 Å². The van der Waals surface area contributed by atoms with Gasteiger partial charge in [-0.05, 0) is 24.9 Å². The summed E-state index contributed by atoms with van der Waals surface area (Å²) in [5.41, 5.74) is 1.17. The molecule has 3 rings (SSSR count). The standard InChI is InChI=1S/C15H19N3O2/c19-13-7-4-8-18(10-13)11-15-16-14(17-20-15)9-12-5-2-1-3-6-12/h1-3,5-6,13,19H,4,7-11H2. The van der Waals surface area contributed by atoms with Crippen LogP contribution in [0.5, 0.6) is 0 Å². The van der Waals surface area contributed by atoms with E-state index in [0.717, 1.165) is 19.4 Å². The van der Waals surface area contributed by atoms with Crippen LogP contribution in [-0.4, -0.2) is 39.3 Å². The Morgan fingerprint density at radius 2 is 2.15 bits per heavy atom. The lowest BCUT2D eigenvalue weighted by molar-refractivity contribution is 0.0613. The van der Waals surface area contributed by atoms with Crippen LogP contribution >= 0.6 is 0 Å². The summed E-state index contributed by atoms with van der Waals surface area (Å²) in [7, 11) is 0. The third-order valence-electron chi connectivity index (χ3n) is 3.55. The molecule has 2 heterocycles. The maximum absolute atomic E-state index is 9.65. The number of aliphatic hydroxyl groups excluding tert-OH is 1. The second-order valence-corrected chi connectivity index (χ2v) is 5.30. The lowest BCUT2D eigenvalue weighted by atomic mass is 10.1. The van der Waals surface area contributed by atoms with Gasteiger partial charge in [0.05, 0.1) is 12.6 Å². The fraction of sp³-hybridized carbons (Fsp3) is 0.467. The number of aliphatic hydroxyl groups is 1. The Bertz CT molecular complexity index is 541. The number of nitrogens with zero attached hydrogens (tertiary/aromatic N) is 3. The molecule has 5 heteroatoms. The second-order valence-electron chi connectivity index (χ2n) is 5.30. The Balaban J connectivity index is 1.59. The first-order valence-electron chi connectivity index (χ1n) is 7.05. The van der Waals surface area contributed by atoms with E-state index in [0.29, 0.717) is 31.2 Å². The molecule has 1 aliphatic rings. The monoisotopic (exact) mass is 273 g/mol. The highest BCUT2D eigenvalue weighted by molar-refractivity contribution is 5.18. The van der Waals surface area contributed by atoms with Crippen LogP contribution in [0.4, 0.5) is 0 Å². The Labute approximate surface area is 118 Å². The van der Waals surface area contributed by atoms with E-state index in [9.17, 15) is 5.11 Å². The highest BCUT2D eigenvalue weighted by atomic mass is 16.5. The highest BCUT2D eigenvalue weighted by Crippen LogP contribution is 2.13. The fourth-order valence-corrected chi connectivity index (χ4v) is 2.57. The molecule has 20 heavy (non-hydrogen) atoms. The molecule has 1 aromatic carbocycles. The zero-order valence-corrected chi connectivity index (χ0v) is 11.4. The highest BCUT2D eigenvalue weighted by Gasteiger charge is 2.19. The number of piperidine rings is 1. The summed E-state index contributed by atoms with van der Waals surface area (Å²) >= 11 is 0. The number of aromatic nitrogens is 2. The molecule has 0 radical (unpaired) electrons. The van der Waals surface area contributed by atoms with Crippen molar-refractivity contribution in [3.05, 3.63) is 47.6 Å². The van der Waals surface area contributed by atoms with Gasteiger partial charge in [-0.2, -0.15) is 4.98 Å². The van der Waals surface area contributed by atoms with Crippen molar-refractivity contribution in [3.8, 4) is 0 Å². The van der Waals surface area contributed by atoms with Crippen molar-refractivity contribution in [1.29, 1.82) is 0 Å². The summed E-state index contributed by atoms with van der Waals surface area (Å²) in [5.74, 6) is 1.34. The first kappa shape index (κ1) is 13.3. The Hall–Kier alpha value is -1.72. The molecule has 0 amide bonds. The quantitative estimate of drug-likeness (QED) is 0.917. The molecule has 1 aliphatic heterocycles. The van der Waals surface area contributed by atoms with Crippen LogP contribution in [0.1, 0.15) is 30.1 Å². The van der Waals surface area contributed by atoms with E-state index in [2.05, 4.69) is 27.2 Å². The third kappa shape index (κ3) is 3.43. The first-order chi connectivity index (χ1) is 9.79. The van der Waals surface area contributed by atoms with Crippen molar-refractivity contribution in [1.82, 2.24) is 15.0 Å². The van der Waals surface area contributed by atoms with Crippen molar-refractivity contribution in [2.75, 3.05) is 13.1 Å². The summed E-state index contributed by atoms with van der Waals surface area (Å²) < 4.78 is 5.29. The van der Waals surface area contributed by atoms with Gasteiger partial charge in [0.25, 0.3) is 0 Å². The van der Waals surface area contributed by atoms with Gasteiger partial charge in [0.2, 0.25) is 5.89 Å². The summed E-state index contributed by atoms with van der Waals surface area (Å²) in [6.07, 6.45) is 2.37. The van der Waals surface area contributed by atoms with E-state index in [4.69, 9.17) is 4.52 Å². The van der Waals surface area contributed by atoms with Crippen LogP contribution in [0.2, 0.25) is 0 Å². The predicted octanol–water partition coefficient (Wildman–Crippen LogP) is 1.62. The summed E-state index contributed by atoms with van der Waals surface area (Å²) in [6, 6.07) is 10.1. The summed E-state index contributed by atoms with van der Waals surface area (Å²) in [4.78, 5) is 6.58. The van der Waals surface area contributed by atoms with Gasteiger partial charge in [-0.15, -0.1) is 0 Å². The number of β-amino-alcohol motifs (C(OH)–C–C–N with tert-alkyl or cyclic N) is 1. The minimum absolute atomic E-state index is 0.226. The Morgan fingerprint density at radius 3 is 2.95 bits per heavy atom. The second kappa shape index (κ2) is 6.15. The topological polar surface area (TPSA) is 62.4 Å². The van der Waals surface area contributed by atoms with Crippen molar-refractivity contribution < 1.29 is 9.63 Å². The van der Waals surface area contributed by atoms with E-state index in [-0.39, 0.29) is 6.10 Å².